The van der Waals surface area contributed by atoms with Gasteiger partial charge in [-0.05, 0) is 43.1 Å². The van der Waals surface area contributed by atoms with E-state index in [0.29, 0.717) is 12.0 Å². The van der Waals surface area contributed by atoms with Crippen LogP contribution in [-0.4, -0.2) is 43.6 Å². The molecule has 1 spiro atoms. The molecule has 1 aliphatic carbocycles. The summed E-state index contributed by atoms with van der Waals surface area (Å²) in [6, 6.07) is 9.92. The highest BCUT2D eigenvalue weighted by Gasteiger charge is 2.63. The van der Waals surface area contributed by atoms with Crippen molar-refractivity contribution in [1.82, 2.24) is 0 Å². The minimum Gasteiger partial charge on any atom is -0.410 e. The summed E-state index contributed by atoms with van der Waals surface area (Å²) < 4.78 is 20.6. The van der Waals surface area contributed by atoms with Crippen LogP contribution < -0.4 is 0 Å². The maximum atomic E-state index is 13.1. The van der Waals surface area contributed by atoms with Gasteiger partial charge in [0.25, 0.3) is 0 Å². The number of hydrogen-bond donors (Lipinski definition) is 1. The second-order valence-electron chi connectivity index (χ2n) is 12.7. The monoisotopic (exact) mass is 526 g/mol. The van der Waals surface area contributed by atoms with E-state index in [1.807, 2.05) is 36.4 Å². The van der Waals surface area contributed by atoms with Gasteiger partial charge in [0.1, 0.15) is 11.7 Å². The smallest absolute Gasteiger partial charge is 0.192 e. The third-order valence-corrected chi connectivity index (χ3v) is 13.3. The van der Waals surface area contributed by atoms with E-state index in [4.69, 9.17) is 13.9 Å². The number of hydrogen-bond acceptors (Lipinski definition) is 5. The van der Waals surface area contributed by atoms with Gasteiger partial charge in [0.2, 0.25) is 0 Å². The molecule has 4 atom stereocenters. The van der Waals surface area contributed by atoms with Gasteiger partial charge in [-0.3, -0.25) is 4.79 Å². The summed E-state index contributed by atoms with van der Waals surface area (Å²) in [5.74, 6) is 0.0199. The maximum Gasteiger partial charge on any atom is 0.192 e. The van der Waals surface area contributed by atoms with Crippen LogP contribution in [0.25, 0.3) is 0 Å². The first-order valence-corrected chi connectivity index (χ1v) is 16.2. The molecule has 1 heterocycles. The summed E-state index contributed by atoms with van der Waals surface area (Å²) in [5.41, 5.74) is 2.24. The molecule has 2 aliphatic rings. The zero-order chi connectivity index (χ0) is 27.8. The van der Waals surface area contributed by atoms with Gasteiger partial charge in [0.15, 0.2) is 20.4 Å². The summed E-state index contributed by atoms with van der Waals surface area (Å²) in [6.45, 7) is 23.2. The number of aliphatic hydroxyl groups is 1. The van der Waals surface area contributed by atoms with Crippen molar-refractivity contribution in [3.05, 3.63) is 71.3 Å². The Kier molecular flexibility index (Phi) is 8.62. The van der Waals surface area contributed by atoms with E-state index in [9.17, 15) is 9.90 Å². The topological polar surface area (TPSA) is 65.0 Å². The lowest BCUT2D eigenvalue weighted by atomic mass is 9.58. The molecule has 0 bridgehead atoms. The van der Waals surface area contributed by atoms with Crippen molar-refractivity contribution in [2.45, 2.75) is 104 Å². The van der Waals surface area contributed by atoms with E-state index in [0.717, 1.165) is 16.7 Å². The van der Waals surface area contributed by atoms with Crippen molar-refractivity contribution in [2.75, 3.05) is 6.61 Å². The van der Waals surface area contributed by atoms with Crippen LogP contribution in [0.1, 0.15) is 73.2 Å². The summed E-state index contributed by atoms with van der Waals surface area (Å²) in [7, 11) is -2.16. The molecule has 204 valence electrons. The van der Waals surface area contributed by atoms with Crippen molar-refractivity contribution in [1.29, 1.82) is 0 Å². The predicted molar refractivity (Wildman–Crippen MR) is 152 cm³/mol. The molecule has 1 saturated heterocycles. The average molecular weight is 527 g/mol. The molecule has 37 heavy (non-hydrogen) atoms. The highest BCUT2D eigenvalue weighted by molar-refractivity contribution is 6.74. The standard InChI is InChI=1S/C31H46O5Si/c1-21(2)25(33)19-24-22(3)26(36-37(9,10)29(4,5)6)20-31(30(24,7)8)27(17-14-18-32)34-28(35-31)23-15-12-11-13-16-23/h11-17,26-28,32H,1,18-20H2,2-10H3/b17-14+/t26-,27-,28-,31+/m0/s1. The Labute approximate surface area is 224 Å². The fourth-order valence-corrected chi connectivity index (χ4v) is 6.62. The lowest BCUT2D eigenvalue weighted by Gasteiger charge is -2.54. The molecule has 1 aliphatic heterocycles. The molecule has 5 nitrogen and oxygen atoms in total. The average Bonchev–Trinajstić information content (AvgIpc) is 3.18. The van der Waals surface area contributed by atoms with Crippen molar-refractivity contribution < 1.29 is 23.8 Å². The Hall–Kier alpha value is -1.83. The van der Waals surface area contributed by atoms with Crippen molar-refractivity contribution in [3.63, 3.8) is 0 Å². The fraction of sp³-hybridized carbons (Fsp3) is 0.581. The van der Waals surface area contributed by atoms with Crippen LogP contribution in [0.15, 0.2) is 65.8 Å². The summed E-state index contributed by atoms with van der Waals surface area (Å²) in [4.78, 5) is 13.1. The number of ether oxygens (including phenoxy) is 2. The van der Waals surface area contributed by atoms with Crippen molar-refractivity contribution in [3.8, 4) is 0 Å². The van der Waals surface area contributed by atoms with E-state index in [-0.39, 0.29) is 30.0 Å². The van der Waals surface area contributed by atoms with Crippen LogP contribution in [0, 0.1) is 5.41 Å². The van der Waals surface area contributed by atoms with Crippen LogP contribution in [0.5, 0.6) is 0 Å². The number of Topliss-reactive ketones (excluding diaryl/α,β-unsaturated/α-hetero) is 1. The molecule has 0 aromatic heterocycles. The molecular weight excluding hydrogens is 480 g/mol. The number of ketones is 1. The van der Waals surface area contributed by atoms with Crippen LogP contribution in [-0.2, 0) is 18.7 Å². The molecule has 1 aromatic rings. The first-order chi connectivity index (χ1) is 17.1. The van der Waals surface area contributed by atoms with Gasteiger partial charge in [-0.15, -0.1) is 0 Å². The van der Waals surface area contributed by atoms with Gasteiger partial charge in [0.05, 0.1) is 12.7 Å². The van der Waals surface area contributed by atoms with Gasteiger partial charge in [-0.1, -0.05) is 89.3 Å². The molecule has 3 rings (SSSR count). The molecule has 1 N–H and O–H groups in total. The number of carbonyl (C=O) groups excluding carboxylic acids is 1. The highest BCUT2D eigenvalue weighted by atomic mass is 28.4. The third kappa shape index (κ3) is 5.64. The second-order valence-corrected chi connectivity index (χ2v) is 17.4. The molecule has 0 saturated carbocycles. The SMILES string of the molecule is C=C(C)C(=O)CC1=C(C)[C@@H](O[Si](C)(C)C(C)(C)C)C[C@]2(O[C@@H](c3ccccc3)O[C@H]2/C=C/CO)C1(C)C. The molecule has 1 aromatic carbocycles. The first-order valence-electron chi connectivity index (χ1n) is 13.3. The molecule has 0 unspecified atom stereocenters. The number of aliphatic hydroxyl groups excluding tert-OH is 1. The van der Waals surface area contributed by atoms with Gasteiger partial charge >= 0.3 is 0 Å². The van der Waals surface area contributed by atoms with E-state index in [2.05, 4.69) is 61.2 Å². The van der Waals surface area contributed by atoms with Crippen LogP contribution in [0.4, 0.5) is 0 Å². The van der Waals surface area contributed by atoms with E-state index in [1.54, 1.807) is 13.0 Å². The third-order valence-electron chi connectivity index (χ3n) is 8.85. The van der Waals surface area contributed by atoms with Crippen LogP contribution >= 0.6 is 0 Å². The van der Waals surface area contributed by atoms with E-state index in [1.165, 1.54) is 0 Å². The largest absolute Gasteiger partial charge is 0.410 e. The Morgan fingerprint density at radius 3 is 2.41 bits per heavy atom. The highest BCUT2D eigenvalue weighted by Crippen LogP contribution is 2.59. The van der Waals surface area contributed by atoms with Gasteiger partial charge in [-0.25, -0.2) is 0 Å². The Morgan fingerprint density at radius 2 is 1.86 bits per heavy atom. The first kappa shape index (κ1) is 29.7. The fourth-order valence-electron chi connectivity index (χ4n) is 5.30. The lowest BCUT2D eigenvalue weighted by Crippen LogP contribution is -2.59. The quantitative estimate of drug-likeness (QED) is 0.223. The van der Waals surface area contributed by atoms with E-state index >= 15 is 0 Å². The predicted octanol–water partition coefficient (Wildman–Crippen LogP) is 7.06. The van der Waals surface area contributed by atoms with E-state index < -0.39 is 31.7 Å². The molecule has 0 radical (unpaired) electrons. The molecule has 6 heteroatoms. The number of rotatable bonds is 8. The van der Waals surface area contributed by atoms with Crippen molar-refractivity contribution >= 4 is 14.1 Å². The zero-order valence-electron chi connectivity index (χ0n) is 24.2. The minimum absolute atomic E-state index is 0.0199. The Morgan fingerprint density at radius 1 is 1.24 bits per heavy atom. The van der Waals surface area contributed by atoms with Crippen LogP contribution in [0.3, 0.4) is 0 Å². The normalized spacial score (nSPS) is 28.3. The molecule has 1 fully saturated rings. The Balaban J connectivity index is 2.19. The summed E-state index contributed by atoms with van der Waals surface area (Å²) in [6.07, 6.45) is 3.26. The van der Waals surface area contributed by atoms with Crippen molar-refractivity contribution in [2.24, 2.45) is 5.41 Å². The van der Waals surface area contributed by atoms with Gasteiger partial charge in [-0.2, -0.15) is 0 Å². The second kappa shape index (κ2) is 10.7. The van der Waals surface area contributed by atoms with Crippen LogP contribution in [0.2, 0.25) is 18.1 Å². The van der Waals surface area contributed by atoms with Gasteiger partial charge < -0.3 is 19.0 Å². The lowest BCUT2D eigenvalue weighted by molar-refractivity contribution is -0.144. The van der Waals surface area contributed by atoms with Gasteiger partial charge in [0, 0.05) is 23.8 Å². The number of allylic oxidation sites excluding steroid dienone is 1. The Bertz CT molecular complexity index is 1060. The molecular formula is C31H46O5Si. The zero-order valence-corrected chi connectivity index (χ0v) is 25.2. The number of carbonyl (C=O) groups is 1. The molecule has 0 amide bonds. The summed E-state index contributed by atoms with van der Waals surface area (Å²) in [5, 5.41) is 9.65. The summed E-state index contributed by atoms with van der Waals surface area (Å²) >= 11 is 0. The minimum atomic E-state index is -2.16. The number of benzene rings is 1. The maximum absolute atomic E-state index is 13.1.